The van der Waals surface area contributed by atoms with Gasteiger partial charge in [0, 0.05) is 12.5 Å². The van der Waals surface area contributed by atoms with Gasteiger partial charge in [0.15, 0.2) is 0 Å². The largest absolute Gasteiger partial charge is 0.481 e. The van der Waals surface area contributed by atoms with Crippen molar-refractivity contribution in [3.05, 3.63) is 0 Å². The second-order valence-corrected chi connectivity index (χ2v) is 6.04. The molecule has 0 radical (unpaired) electrons. The summed E-state index contributed by atoms with van der Waals surface area (Å²) in [5.41, 5.74) is -1.22. The van der Waals surface area contributed by atoms with Crippen LogP contribution in [0.5, 0.6) is 0 Å². The Labute approximate surface area is 115 Å². The predicted octanol–water partition coefficient (Wildman–Crippen LogP) is 2.72. The molecule has 0 aliphatic heterocycles. The third-order valence-corrected chi connectivity index (χ3v) is 3.68. The number of nitrogens with one attached hydrogen (secondary N) is 1. The van der Waals surface area contributed by atoms with E-state index in [2.05, 4.69) is 5.32 Å². The first-order chi connectivity index (χ1) is 9.02. The summed E-state index contributed by atoms with van der Waals surface area (Å²) in [5.74, 6) is -3.00. The van der Waals surface area contributed by atoms with Gasteiger partial charge in [-0.1, -0.05) is 6.42 Å². The number of hydrogen-bond acceptors (Lipinski definition) is 2. The molecule has 7 heteroatoms. The molecule has 1 saturated carbocycles. The van der Waals surface area contributed by atoms with Gasteiger partial charge in [-0.25, -0.2) is 0 Å². The van der Waals surface area contributed by atoms with Crippen LogP contribution < -0.4 is 5.32 Å². The Hall–Kier alpha value is -1.27. The van der Waals surface area contributed by atoms with Crippen molar-refractivity contribution < 1.29 is 27.9 Å². The number of carbonyl (C=O) groups is 2. The van der Waals surface area contributed by atoms with E-state index in [1.54, 1.807) is 0 Å². The number of hydrogen-bond donors (Lipinski definition) is 2. The molecular formula is C13H20F3NO3. The summed E-state index contributed by atoms with van der Waals surface area (Å²) in [4.78, 5) is 22.6. The predicted molar refractivity (Wildman–Crippen MR) is 66.0 cm³/mol. The zero-order valence-electron chi connectivity index (χ0n) is 11.6. The first kappa shape index (κ1) is 16.8. The molecule has 2 unspecified atom stereocenters. The van der Waals surface area contributed by atoms with E-state index in [1.807, 2.05) is 0 Å². The highest BCUT2D eigenvalue weighted by Gasteiger charge is 2.42. The zero-order chi connectivity index (χ0) is 15.6. The topological polar surface area (TPSA) is 66.4 Å². The monoisotopic (exact) mass is 295 g/mol. The van der Waals surface area contributed by atoms with Gasteiger partial charge in [0.25, 0.3) is 0 Å². The molecule has 0 aromatic heterocycles. The van der Waals surface area contributed by atoms with Crippen molar-refractivity contribution in [2.24, 2.45) is 11.3 Å². The minimum Gasteiger partial charge on any atom is -0.481 e. The van der Waals surface area contributed by atoms with Crippen LogP contribution in [-0.4, -0.2) is 29.2 Å². The molecule has 20 heavy (non-hydrogen) atoms. The number of aliphatic carboxylic acids is 1. The van der Waals surface area contributed by atoms with Crippen molar-refractivity contribution in [1.29, 1.82) is 0 Å². The van der Waals surface area contributed by atoms with Crippen LogP contribution in [0.15, 0.2) is 0 Å². The third-order valence-electron chi connectivity index (χ3n) is 3.68. The lowest BCUT2D eigenvalue weighted by molar-refractivity contribution is -0.184. The highest BCUT2D eigenvalue weighted by molar-refractivity contribution is 5.84. The van der Waals surface area contributed by atoms with Crippen LogP contribution in [0.25, 0.3) is 0 Å². The van der Waals surface area contributed by atoms with Crippen molar-refractivity contribution >= 4 is 11.9 Å². The minimum absolute atomic E-state index is 0.0937. The van der Waals surface area contributed by atoms with Crippen LogP contribution in [0.1, 0.15) is 46.0 Å². The molecule has 116 valence electrons. The van der Waals surface area contributed by atoms with Crippen molar-refractivity contribution in [3.63, 3.8) is 0 Å². The Balaban J connectivity index is 2.52. The zero-order valence-corrected chi connectivity index (χ0v) is 11.6. The van der Waals surface area contributed by atoms with E-state index in [1.165, 1.54) is 13.8 Å². The Bertz CT molecular complexity index is 380. The lowest BCUT2D eigenvalue weighted by atomic mass is 9.84. The number of halogens is 3. The quantitative estimate of drug-likeness (QED) is 0.838. The molecule has 0 saturated heterocycles. The highest BCUT2D eigenvalue weighted by Crippen LogP contribution is 2.37. The third kappa shape index (κ3) is 4.68. The molecule has 1 aliphatic rings. The normalized spacial score (nSPS) is 24.2. The van der Waals surface area contributed by atoms with Gasteiger partial charge < -0.3 is 10.4 Å². The van der Waals surface area contributed by atoms with Gasteiger partial charge in [-0.2, -0.15) is 13.2 Å². The van der Waals surface area contributed by atoms with E-state index in [4.69, 9.17) is 5.11 Å². The lowest BCUT2D eigenvalue weighted by Crippen LogP contribution is -2.43. The summed E-state index contributed by atoms with van der Waals surface area (Å²) in [7, 11) is 0. The fourth-order valence-corrected chi connectivity index (χ4v) is 2.37. The fraction of sp³-hybridized carbons (Fsp3) is 0.846. The molecule has 1 rings (SSSR count). The lowest BCUT2D eigenvalue weighted by Gasteiger charge is -2.31. The van der Waals surface area contributed by atoms with Crippen molar-refractivity contribution in [1.82, 2.24) is 5.32 Å². The molecule has 1 amide bonds. The molecule has 0 spiro atoms. The van der Waals surface area contributed by atoms with Gasteiger partial charge >= 0.3 is 12.1 Å². The summed E-state index contributed by atoms with van der Waals surface area (Å²) in [6.07, 6.45) is -3.58. The standard InChI is InChI=1S/C13H20F3NO3/c1-12(2,11(19)20)7-10(18)17-9-5-3-4-8(6-9)13(14,15)16/h8-9H,3-7H2,1-2H3,(H,17,18)(H,19,20). The Morgan fingerprint density at radius 2 is 1.85 bits per heavy atom. The molecule has 2 atom stereocenters. The maximum Gasteiger partial charge on any atom is 0.391 e. The first-order valence-electron chi connectivity index (χ1n) is 6.62. The van der Waals surface area contributed by atoms with Crippen molar-refractivity contribution in [2.45, 2.75) is 58.2 Å². The number of carboxylic acids is 1. The van der Waals surface area contributed by atoms with Crippen LogP contribution in [0.3, 0.4) is 0 Å². The molecule has 0 aromatic rings. The number of rotatable bonds is 4. The Kier molecular flexibility index (Phi) is 5.05. The van der Waals surface area contributed by atoms with Gasteiger partial charge in [-0.05, 0) is 33.1 Å². The molecule has 4 nitrogen and oxygen atoms in total. The van der Waals surface area contributed by atoms with Crippen molar-refractivity contribution in [2.75, 3.05) is 0 Å². The van der Waals surface area contributed by atoms with E-state index < -0.39 is 35.4 Å². The van der Waals surface area contributed by atoms with Gasteiger partial charge in [-0.3, -0.25) is 9.59 Å². The van der Waals surface area contributed by atoms with Gasteiger partial charge in [0.2, 0.25) is 5.91 Å². The van der Waals surface area contributed by atoms with E-state index in [9.17, 15) is 22.8 Å². The van der Waals surface area contributed by atoms with E-state index >= 15 is 0 Å². The number of alkyl halides is 3. The summed E-state index contributed by atoms with van der Waals surface area (Å²) >= 11 is 0. The van der Waals surface area contributed by atoms with Crippen LogP contribution in [-0.2, 0) is 9.59 Å². The molecule has 1 fully saturated rings. The molecule has 0 bridgehead atoms. The van der Waals surface area contributed by atoms with Crippen molar-refractivity contribution in [3.8, 4) is 0 Å². The second kappa shape index (κ2) is 6.01. The van der Waals surface area contributed by atoms with E-state index in [-0.39, 0.29) is 19.3 Å². The highest BCUT2D eigenvalue weighted by atomic mass is 19.4. The summed E-state index contributed by atoms with van der Waals surface area (Å²) in [5, 5.41) is 11.4. The smallest absolute Gasteiger partial charge is 0.391 e. The van der Waals surface area contributed by atoms with E-state index in [0.29, 0.717) is 12.8 Å². The minimum atomic E-state index is -4.23. The molecule has 1 aliphatic carbocycles. The molecule has 0 aromatic carbocycles. The average Bonchev–Trinajstić information content (AvgIpc) is 2.26. The summed E-state index contributed by atoms with van der Waals surface area (Å²) < 4.78 is 37.9. The number of amides is 1. The molecule has 0 heterocycles. The van der Waals surface area contributed by atoms with Crippen LogP contribution >= 0.6 is 0 Å². The number of carbonyl (C=O) groups excluding carboxylic acids is 1. The maximum absolute atomic E-state index is 12.6. The van der Waals surface area contributed by atoms with Gasteiger partial charge in [-0.15, -0.1) is 0 Å². The van der Waals surface area contributed by atoms with Gasteiger partial charge in [0.1, 0.15) is 0 Å². The summed E-state index contributed by atoms with van der Waals surface area (Å²) in [6.45, 7) is 2.82. The number of carboxylic acid groups (broad SMARTS) is 1. The first-order valence-corrected chi connectivity index (χ1v) is 6.62. The summed E-state index contributed by atoms with van der Waals surface area (Å²) in [6, 6.07) is -0.521. The molecular weight excluding hydrogens is 275 g/mol. The fourth-order valence-electron chi connectivity index (χ4n) is 2.37. The van der Waals surface area contributed by atoms with Crippen LogP contribution in [0.4, 0.5) is 13.2 Å². The van der Waals surface area contributed by atoms with Gasteiger partial charge in [0.05, 0.1) is 11.3 Å². The van der Waals surface area contributed by atoms with Crippen LogP contribution in [0, 0.1) is 11.3 Å². The average molecular weight is 295 g/mol. The Morgan fingerprint density at radius 1 is 1.25 bits per heavy atom. The van der Waals surface area contributed by atoms with Crippen LogP contribution in [0.2, 0.25) is 0 Å². The SMILES string of the molecule is CC(C)(CC(=O)NC1CCCC(C(F)(F)F)C1)C(=O)O. The molecule has 2 N–H and O–H groups in total. The second-order valence-electron chi connectivity index (χ2n) is 6.04. The van der Waals surface area contributed by atoms with E-state index in [0.717, 1.165) is 0 Å². The Morgan fingerprint density at radius 3 is 2.35 bits per heavy atom. The maximum atomic E-state index is 12.6.